The van der Waals surface area contributed by atoms with E-state index in [4.69, 9.17) is 26.5 Å². The molecule has 0 atom stereocenters. The summed E-state index contributed by atoms with van der Waals surface area (Å²) < 4.78 is 10.4. The summed E-state index contributed by atoms with van der Waals surface area (Å²) in [5.74, 6) is 1.20. The van der Waals surface area contributed by atoms with Crippen LogP contribution in [0.3, 0.4) is 0 Å². The molecule has 78 valence electrons. The number of rotatable bonds is 2. The van der Waals surface area contributed by atoms with Crippen LogP contribution in [-0.2, 0) is 0 Å². The van der Waals surface area contributed by atoms with Gasteiger partial charge in [0.1, 0.15) is 5.75 Å². The zero-order valence-electron chi connectivity index (χ0n) is 8.03. The number of hydrogen-bond acceptors (Lipinski definition) is 4. The number of methoxy groups -OCH3 is 1. The Balaban J connectivity index is 2.55. The Hall–Kier alpha value is -1.68. The zero-order valence-corrected chi connectivity index (χ0v) is 8.78. The zero-order chi connectivity index (χ0) is 10.8. The Morgan fingerprint density at radius 1 is 1.47 bits per heavy atom. The van der Waals surface area contributed by atoms with E-state index in [0.29, 0.717) is 16.5 Å². The maximum Gasteiger partial charge on any atom is 0.292 e. The first kappa shape index (κ1) is 9.86. The molecule has 0 aliphatic heterocycles. The number of anilines is 1. The Bertz CT molecular complexity index is 482. The van der Waals surface area contributed by atoms with Gasteiger partial charge in [0.25, 0.3) is 6.01 Å². The number of ether oxygens (including phenoxy) is 1. The topological polar surface area (TPSA) is 61.3 Å². The highest BCUT2D eigenvalue weighted by molar-refractivity contribution is 6.30. The van der Waals surface area contributed by atoms with Crippen LogP contribution in [0, 0.1) is 0 Å². The number of nitrogens with two attached hydrogens (primary N) is 1. The fourth-order valence-corrected chi connectivity index (χ4v) is 1.46. The Labute approximate surface area is 91.6 Å². The number of nitrogens with zero attached hydrogens (tertiary/aromatic N) is 1. The summed E-state index contributed by atoms with van der Waals surface area (Å²) in [5.41, 5.74) is 6.12. The molecule has 2 rings (SSSR count). The van der Waals surface area contributed by atoms with Crippen molar-refractivity contribution >= 4 is 17.6 Å². The van der Waals surface area contributed by atoms with Gasteiger partial charge in [-0.15, -0.1) is 0 Å². The summed E-state index contributed by atoms with van der Waals surface area (Å²) in [7, 11) is 1.58. The third-order valence-corrected chi connectivity index (χ3v) is 2.19. The maximum atomic E-state index is 5.88. The van der Waals surface area contributed by atoms with E-state index in [-0.39, 0.29) is 6.01 Å². The summed E-state index contributed by atoms with van der Waals surface area (Å²) >= 11 is 5.88. The molecule has 0 fully saturated rings. The quantitative estimate of drug-likeness (QED) is 0.852. The van der Waals surface area contributed by atoms with E-state index in [1.54, 1.807) is 25.3 Å². The fourth-order valence-electron chi connectivity index (χ4n) is 1.28. The molecule has 1 aromatic carbocycles. The van der Waals surface area contributed by atoms with E-state index in [9.17, 15) is 0 Å². The Morgan fingerprint density at radius 3 is 2.87 bits per heavy atom. The van der Waals surface area contributed by atoms with Gasteiger partial charge < -0.3 is 14.9 Å². The first-order chi connectivity index (χ1) is 7.20. The molecule has 0 unspecified atom stereocenters. The molecule has 15 heavy (non-hydrogen) atoms. The molecule has 0 bridgehead atoms. The first-order valence-corrected chi connectivity index (χ1v) is 4.63. The number of nitrogen functional groups attached to an aromatic ring is 1. The van der Waals surface area contributed by atoms with Gasteiger partial charge in [-0.05, 0) is 18.2 Å². The van der Waals surface area contributed by atoms with Gasteiger partial charge in [-0.3, -0.25) is 0 Å². The summed E-state index contributed by atoms with van der Waals surface area (Å²) in [6.07, 6.45) is 1.53. The van der Waals surface area contributed by atoms with Crippen molar-refractivity contribution in [3.63, 3.8) is 0 Å². The summed E-state index contributed by atoms with van der Waals surface area (Å²) in [5, 5.41) is 0.598. The van der Waals surface area contributed by atoms with Crippen molar-refractivity contribution < 1.29 is 9.15 Å². The van der Waals surface area contributed by atoms with Crippen LogP contribution < -0.4 is 10.5 Å². The second kappa shape index (κ2) is 3.82. The molecular formula is C10H9ClN2O2. The standard InChI is InChI=1S/C10H9ClN2O2/c1-14-8-3-2-6(11)4-7(8)9-5-13-10(12)15-9/h2-5H,1H3,(H2,12,13). The lowest BCUT2D eigenvalue weighted by Crippen LogP contribution is -1.86. The monoisotopic (exact) mass is 224 g/mol. The van der Waals surface area contributed by atoms with E-state index in [0.717, 1.165) is 5.56 Å². The Morgan fingerprint density at radius 2 is 2.27 bits per heavy atom. The van der Waals surface area contributed by atoms with Crippen molar-refractivity contribution in [1.29, 1.82) is 0 Å². The van der Waals surface area contributed by atoms with Gasteiger partial charge in [-0.1, -0.05) is 11.6 Å². The third kappa shape index (κ3) is 1.89. The molecular weight excluding hydrogens is 216 g/mol. The van der Waals surface area contributed by atoms with Gasteiger partial charge >= 0.3 is 0 Å². The van der Waals surface area contributed by atoms with E-state index in [1.807, 2.05) is 0 Å². The van der Waals surface area contributed by atoms with Crippen LogP contribution in [0.15, 0.2) is 28.8 Å². The molecule has 0 saturated carbocycles. The fraction of sp³-hybridized carbons (Fsp3) is 0.100. The van der Waals surface area contributed by atoms with Gasteiger partial charge in [0.2, 0.25) is 0 Å². The minimum atomic E-state index is 0.118. The normalized spacial score (nSPS) is 10.3. The van der Waals surface area contributed by atoms with Crippen molar-refractivity contribution in [2.75, 3.05) is 12.8 Å². The summed E-state index contributed by atoms with van der Waals surface area (Å²) in [6.45, 7) is 0. The first-order valence-electron chi connectivity index (χ1n) is 4.26. The average Bonchev–Trinajstić information content (AvgIpc) is 2.65. The largest absolute Gasteiger partial charge is 0.496 e. The lowest BCUT2D eigenvalue weighted by molar-refractivity contribution is 0.415. The van der Waals surface area contributed by atoms with Crippen LogP contribution in [0.2, 0.25) is 5.02 Å². The summed E-state index contributed by atoms with van der Waals surface area (Å²) in [4.78, 5) is 3.81. The van der Waals surface area contributed by atoms with Crippen LogP contribution in [-0.4, -0.2) is 12.1 Å². The molecule has 1 aromatic heterocycles. The van der Waals surface area contributed by atoms with Crippen LogP contribution in [0.4, 0.5) is 6.01 Å². The molecule has 0 aliphatic carbocycles. The van der Waals surface area contributed by atoms with Crippen LogP contribution in [0.25, 0.3) is 11.3 Å². The maximum absolute atomic E-state index is 5.88. The highest BCUT2D eigenvalue weighted by Crippen LogP contribution is 2.33. The SMILES string of the molecule is COc1ccc(Cl)cc1-c1cnc(N)o1. The van der Waals surface area contributed by atoms with Crippen LogP contribution in [0.1, 0.15) is 0 Å². The van der Waals surface area contributed by atoms with Crippen molar-refractivity contribution in [2.45, 2.75) is 0 Å². The molecule has 0 spiro atoms. The molecule has 2 aromatic rings. The van der Waals surface area contributed by atoms with Crippen molar-refractivity contribution in [3.8, 4) is 17.1 Å². The second-order valence-electron chi connectivity index (χ2n) is 2.91. The number of oxazole rings is 1. The predicted molar refractivity (Wildman–Crippen MR) is 57.9 cm³/mol. The van der Waals surface area contributed by atoms with E-state index >= 15 is 0 Å². The third-order valence-electron chi connectivity index (χ3n) is 1.95. The molecule has 4 nitrogen and oxygen atoms in total. The van der Waals surface area contributed by atoms with Gasteiger partial charge in [-0.25, -0.2) is 4.98 Å². The number of hydrogen-bond donors (Lipinski definition) is 1. The lowest BCUT2D eigenvalue weighted by Gasteiger charge is -2.05. The smallest absolute Gasteiger partial charge is 0.292 e. The molecule has 2 N–H and O–H groups in total. The van der Waals surface area contributed by atoms with E-state index in [2.05, 4.69) is 4.98 Å². The summed E-state index contributed by atoms with van der Waals surface area (Å²) in [6, 6.07) is 5.35. The van der Waals surface area contributed by atoms with Crippen LogP contribution in [0.5, 0.6) is 5.75 Å². The van der Waals surface area contributed by atoms with E-state index < -0.39 is 0 Å². The van der Waals surface area contributed by atoms with Gasteiger partial charge in [-0.2, -0.15) is 0 Å². The number of benzene rings is 1. The van der Waals surface area contributed by atoms with Gasteiger partial charge in [0, 0.05) is 5.02 Å². The molecule has 0 amide bonds. The molecule has 1 heterocycles. The molecule has 0 radical (unpaired) electrons. The molecule has 5 heteroatoms. The lowest BCUT2D eigenvalue weighted by atomic mass is 10.1. The average molecular weight is 225 g/mol. The number of halogens is 1. The van der Waals surface area contributed by atoms with Crippen molar-refractivity contribution in [2.24, 2.45) is 0 Å². The van der Waals surface area contributed by atoms with E-state index in [1.165, 1.54) is 6.20 Å². The number of aromatic nitrogens is 1. The van der Waals surface area contributed by atoms with Crippen molar-refractivity contribution in [1.82, 2.24) is 4.98 Å². The predicted octanol–water partition coefficient (Wildman–Crippen LogP) is 2.59. The molecule has 0 aliphatic rings. The second-order valence-corrected chi connectivity index (χ2v) is 3.34. The minimum Gasteiger partial charge on any atom is -0.496 e. The van der Waals surface area contributed by atoms with Gasteiger partial charge in [0.05, 0.1) is 18.9 Å². The van der Waals surface area contributed by atoms with Gasteiger partial charge in [0.15, 0.2) is 5.76 Å². The van der Waals surface area contributed by atoms with Crippen LogP contribution >= 0.6 is 11.6 Å². The Kier molecular flexibility index (Phi) is 2.51. The van der Waals surface area contributed by atoms with Crippen molar-refractivity contribution in [3.05, 3.63) is 29.4 Å². The molecule has 0 saturated heterocycles. The highest BCUT2D eigenvalue weighted by atomic mass is 35.5. The minimum absolute atomic E-state index is 0.118. The highest BCUT2D eigenvalue weighted by Gasteiger charge is 2.10.